The fourth-order valence-electron chi connectivity index (χ4n) is 1.09. The minimum Gasteiger partial charge on any atom is -0.495 e. The van der Waals surface area contributed by atoms with E-state index in [1.54, 1.807) is 6.07 Å². The molecule has 1 aromatic rings. The molecule has 1 heterocycles. The molecule has 6 heteroatoms. The number of nitrogens with zero attached hydrogens (tertiary/aromatic N) is 2. The molecule has 0 bridgehead atoms. The molecule has 0 aliphatic carbocycles. The quantitative estimate of drug-likeness (QED) is 0.825. The van der Waals surface area contributed by atoms with Crippen molar-refractivity contribution >= 4 is 0 Å². The number of aliphatic hydroxyl groups excluding tert-OH is 1. The van der Waals surface area contributed by atoms with E-state index < -0.39 is 18.7 Å². The lowest BCUT2D eigenvalue weighted by Gasteiger charge is -2.09. The Morgan fingerprint density at radius 2 is 2.33 bits per heavy atom. The van der Waals surface area contributed by atoms with E-state index in [-0.39, 0.29) is 17.0 Å². The van der Waals surface area contributed by atoms with Gasteiger partial charge in [-0.15, -0.1) is 0 Å². The first-order valence-electron chi connectivity index (χ1n) is 4.01. The number of rotatable bonds is 3. The Morgan fingerprint density at radius 3 is 2.73 bits per heavy atom. The van der Waals surface area contributed by atoms with Gasteiger partial charge in [0.1, 0.15) is 23.2 Å². The predicted molar refractivity (Wildman–Crippen MR) is 46.4 cm³/mol. The third kappa shape index (κ3) is 2.19. The van der Waals surface area contributed by atoms with Gasteiger partial charge in [-0.05, 0) is 6.07 Å². The summed E-state index contributed by atoms with van der Waals surface area (Å²) < 4.78 is 29.6. The Balaban J connectivity index is 3.36. The first-order valence-corrected chi connectivity index (χ1v) is 4.01. The highest BCUT2D eigenvalue weighted by atomic mass is 19.3. The van der Waals surface area contributed by atoms with Crippen LogP contribution in [0.4, 0.5) is 8.78 Å². The van der Waals surface area contributed by atoms with Crippen molar-refractivity contribution in [3.05, 3.63) is 23.0 Å². The van der Waals surface area contributed by atoms with Crippen LogP contribution in [0.1, 0.15) is 23.4 Å². The van der Waals surface area contributed by atoms with E-state index in [1.165, 1.54) is 13.2 Å². The minimum atomic E-state index is -2.82. The topological polar surface area (TPSA) is 66.1 Å². The predicted octanol–water partition coefficient (Wildman–Crippen LogP) is 1.39. The van der Waals surface area contributed by atoms with E-state index in [0.717, 1.165) is 0 Å². The van der Waals surface area contributed by atoms with Crippen LogP contribution in [0.15, 0.2) is 6.07 Å². The molecule has 0 saturated heterocycles. The van der Waals surface area contributed by atoms with Crippen LogP contribution in [0.2, 0.25) is 0 Å². The SMILES string of the molecule is COc1cc(CO)c(C#N)nc1C(F)F. The van der Waals surface area contributed by atoms with E-state index in [1.807, 2.05) is 0 Å². The molecule has 0 radical (unpaired) electrons. The fraction of sp³-hybridized carbons (Fsp3) is 0.333. The zero-order valence-electron chi connectivity index (χ0n) is 7.87. The molecule has 4 nitrogen and oxygen atoms in total. The first kappa shape index (κ1) is 11.3. The standard InChI is InChI=1S/C9H8F2N2O2/c1-15-7-2-5(4-14)6(3-12)13-8(7)9(10)11/h2,9,14H,4H2,1H3. The molecule has 15 heavy (non-hydrogen) atoms. The number of pyridine rings is 1. The molecule has 0 aliphatic rings. The van der Waals surface area contributed by atoms with Crippen molar-refractivity contribution in [1.29, 1.82) is 5.26 Å². The molecule has 0 aromatic carbocycles. The summed E-state index contributed by atoms with van der Waals surface area (Å²) in [7, 11) is 1.22. The van der Waals surface area contributed by atoms with E-state index in [0.29, 0.717) is 0 Å². The van der Waals surface area contributed by atoms with Gasteiger partial charge in [-0.25, -0.2) is 13.8 Å². The molecule has 0 unspecified atom stereocenters. The van der Waals surface area contributed by atoms with Gasteiger partial charge in [0.05, 0.1) is 13.7 Å². The molecule has 0 atom stereocenters. The Morgan fingerprint density at radius 1 is 1.67 bits per heavy atom. The van der Waals surface area contributed by atoms with Gasteiger partial charge >= 0.3 is 0 Å². The van der Waals surface area contributed by atoms with Crippen molar-refractivity contribution in [2.45, 2.75) is 13.0 Å². The van der Waals surface area contributed by atoms with Crippen molar-refractivity contribution < 1.29 is 18.6 Å². The number of nitriles is 1. The highest BCUT2D eigenvalue weighted by Crippen LogP contribution is 2.28. The van der Waals surface area contributed by atoms with Crippen molar-refractivity contribution in [1.82, 2.24) is 4.98 Å². The van der Waals surface area contributed by atoms with Crippen LogP contribution in [0.25, 0.3) is 0 Å². The second-order valence-electron chi connectivity index (χ2n) is 2.65. The normalized spacial score (nSPS) is 10.1. The Bertz CT molecular complexity index is 402. The van der Waals surface area contributed by atoms with Crippen LogP contribution in [-0.2, 0) is 6.61 Å². The summed E-state index contributed by atoms with van der Waals surface area (Å²) in [5.74, 6) is -0.131. The average Bonchev–Trinajstić information content (AvgIpc) is 2.26. The number of ether oxygens (including phenoxy) is 1. The Labute approximate surface area is 84.7 Å². The van der Waals surface area contributed by atoms with Gasteiger partial charge in [0.2, 0.25) is 0 Å². The lowest BCUT2D eigenvalue weighted by atomic mass is 10.2. The molecule has 0 spiro atoms. The molecule has 80 valence electrons. The van der Waals surface area contributed by atoms with Crippen molar-refractivity contribution in [3.63, 3.8) is 0 Å². The Kier molecular flexibility index (Phi) is 3.52. The van der Waals surface area contributed by atoms with E-state index in [2.05, 4.69) is 9.72 Å². The molecule has 0 saturated carbocycles. The van der Waals surface area contributed by atoms with Gasteiger partial charge in [0.25, 0.3) is 6.43 Å². The van der Waals surface area contributed by atoms with Crippen molar-refractivity contribution in [3.8, 4) is 11.8 Å². The van der Waals surface area contributed by atoms with Crippen LogP contribution in [0.5, 0.6) is 5.75 Å². The maximum Gasteiger partial charge on any atom is 0.284 e. The summed E-state index contributed by atoms with van der Waals surface area (Å²) in [4.78, 5) is 3.44. The summed E-state index contributed by atoms with van der Waals surface area (Å²) in [5, 5.41) is 17.5. The van der Waals surface area contributed by atoms with Crippen molar-refractivity contribution in [2.24, 2.45) is 0 Å². The van der Waals surface area contributed by atoms with Crippen LogP contribution in [0.3, 0.4) is 0 Å². The lowest BCUT2D eigenvalue weighted by Crippen LogP contribution is -2.02. The summed E-state index contributed by atoms with van der Waals surface area (Å²) in [6.07, 6.45) is -2.82. The zero-order chi connectivity index (χ0) is 11.4. The van der Waals surface area contributed by atoms with Gasteiger partial charge in [0, 0.05) is 5.56 Å². The lowest BCUT2D eigenvalue weighted by molar-refractivity contribution is 0.141. The fourth-order valence-corrected chi connectivity index (χ4v) is 1.09. The van der Waals surface area contributed by atoms with Crippen LogP contribution in [0, 0.1) is 11.3 Å². The van der Waals surface area contributed by atoms with Gasteiger partial charge in [-0.3, -0.25) is 0 Å². The Hall–Kier alpha value is -1.74. The number of aliphatic hydroxyl groups is 1. The van der Waals surface area contributed by atoms with E-state index in [4.69, 9.17) is 10.4 Å². The largest absolute Gasteiger partial charge is 0.495 e. The number of methoxy groups -OCH3 is 1. The van der Waals surface area contributed by atoms with Crippen LogP contribution >= 0.6 is 0 Å². The number of aromatic nitrogens is 1. The second-order valence-corrected chi connectivity index (χ2v) is 2.65. The average molecular weight is 214 g/mol. The molecular weight excluding hydrogens is 206 g/mol. The van der Waals surface area contributed by atoms with Gasteiger partial charge in [0.15, 0.2) is 0 Å². The molecule has 1 N–H and O–H groups in total. The summed E-state index contributed by atoms with van der Waals surface area (Å²) in [6.45, 7) is -0.449. The third-order valence-corrected chi connectivity index (χ3v) is 1.80. The number of hydrogen-bond donors (Lipinski definition) is 1. The summed E-state index contributed by atoms with van der Waals surface area (Å²) >= 11 is 0. The van der Waals surface area contributed by atoms with Gasteiger partial charge < -0.3 is 9.84 Å². The minimum absolute atomic E-state index is 0.131. The maximum absolute atomic E-state index is 12.5. The highest BCUT2D eigenvalue weighted by Gasteiger charge is 2.19. The second kappa shape index (κ2) is 4.66. The third-order valence-electron chi connectivity index (χ3n) is 1.80. The van der Waals surface area contributed by atoms with Crippen molar-refractivity contribution in [2.75, 3.05) is 7.11 Å². The first-order chi connectivity index (χ1) is 7.13. The van der Waals surface area contributed by atoms with E-state index in [9.17, 15) is 8.78 Å². The molecule has 1 rings (SSSR count). The molecule has 1 aromatic heterocycles. The number of alkyl halides is 2. The van der Waals surface area contributed by atoms with Gasteiger partial charge in [-0.2, -0.15) is 5.26 Å². The van der Waals surface area contributed by atoms with Crippen LogP contribution < -0.4 is 4.74 Å². The number of hydrogen-bond acceptors (Lipinski definition) is 4. The monoisotopic (exact) mass is 214 g/mol. The molecule has 0 amide bonds. The summed E-state index contributed by atoms with van der Waals surface area (Å²) in [6, 6.07) is 2.82. The number of halogens is 2. The van der Waals surface area contributed by atoms with Gasteiger partial charge in [-0.1, -0.05) is 0 Å². The zero-order valence-corrected chi connectivity index (χ0v) is 7.87. The molecule has 0 aliphatic heterocycles. The van der Waals surface area contributed by atoms with Crippen LogP contribution in [-0.4, -0.2) is 17.2 Å². The molecule has 0 fully saturated rings. The van der Waals surface area contributed by atoms with E-state index >= 15 is 0 Å². The maximum atomic E-state index is 12.5. The highest BCUT2D eigenvalue weighted by molar-refractivity contribution is 5.40. The smallest absolute Gasteiger partial charge is 0.284 e. The molecular formula is C9H8F2N2O2. The summed E-state index contributed by atoms with van der Waals surface area (Å²) in [5.41, 5.74) is -0.640.